The van der Waals surface area contributed by atoms with Gasteiger partial charge in [0.2, 0.25) is 5.91 Å². The van der Waals surface area contributed by atoms with Crippen LogP contribution in [0.25, 0.3) is 0 Å². The van der Waals surface area contributed by atoms with Gasteiger partial charge in [-0.1, -0.05) is 13.3 Å². The van der Waals surface area contributed by atoms with E-state index in [1.165, 1.54) is 11.8 Å². The highest BCUT2D eigenvalue weighted by Crippen LogP contribution is 2.15. The second-order valence-corrected chi connectivity index (χ2v) is 5.49. The Bertz CT molecular complexity index is 354. The van der Waals surface area contributed by atoms with Gasteiger partial charge in [-0.3, -0.25) is 9.78 Å². The number of rotatable bonds is 9. The second kappa shape index (κ2) is 9.81. The van der Waals surface area contributed by atoms with Crippen molar-refractivity contribution < 1.29 is 9.90 Å². The average Bonchev–Trinajstić information content (AvgIpc) is 2.44. The molecule has 5 heteroatoms. The van der Waals surface area contributed by atoms with E-state index in [1.54, 1.807) is 12.4 Å². The van der Waals surface area contributed by atoms with Gasteiger partial charge in [-0.25, -0.2) is 0 Å². The fraction of sp³-hybridized carbons (Fsp3) is 0.571. The maximum Gasteiger partial charge on any atom is 0.230 e. The van der Waals surface area contributed by atoms with Gasteiger partial charge >= 0.3 is 0 Å². The molecule has 0 radical (unpaired) electrons. The molecule has 2 N–H and O–H groups in total. The van der Waals surface area contributed by atoms with Crippen LogP contribution in [0.3, 0.4) is 0 Å². The highest BCUT2D eigenvalue weighted by atomic mass is 32.2. The van der Waals surface area contributed by atoms with Crippen molar-refractivity contribution in [2.45, 2.75) is 31.1 Å². The summed E-state index contributed by atoms with van der Waals surface area (Å²) in [6.07, 6.45) is 6.31. The second-order valence-electron chi connectivity index (χ2n) is 4.44. The minimum atomic E-state index is 0.0425. The van der Waals surface area contributed by atoms with Gasteiger partial charge in [0, 0.05) is 30.4 Å². The van der Waals surface area contributed by atoms with Crippen molar-refractivity contribution in [3.05, 3.63) is 24.5 Å². The molecule has 0 aliphatic carbocycles. The maximum atomic E-state index is 11.7. The van der Waals surface area contributed by atoms with Gasteiger partial charge in [-0.15, -0.1) is 11.8 Å². The molecule has 1 amide bonds. The van der Waals surface area contributed by atoms with E-state index < -0.39 is 0 Å². The van der Waals surface area contributed by atoms with Gasteiger partial charge < -0.3 is 10.4 Å². The summed E-state index contributed by atoms with van der Waals surface area (Å²) in [5.41, 5.74) is 0. The Kier molecular flexibility index (Phi) is 8.25. The summed E-state index contributed by atoms with van der Waals surface area (Å²) < 4.78 is 0. The van der Waals surface area contributed by atoms with Gasteiger partial charge in [-0.05, 0) is 30.9 Å². The number of carbonyl (C=O) groups excluding carboxylic acids is 1. The number of carbonyl (C=O) groups is 1. The van der Waals surface area contributed by atoms with Crippen molar-refractivity contribution in [1.29, 1.82) is 0 Å². The summed E-state index contributed by atoms with van der Waals surface area (Å²) in [5, 5.41) is 11.9. The number of hydrogen-bond donors (Lipinski definition) is 2. The zero-order chi connectivity index (χ0) is 13.9. The number of hydrogen-bond acceptors (Lipinski definition) is 4. The first kappa shape index (κ1) is 16.0. The van der Waals surface area contributed by atoms with Gasteiger partial charge in [0.15, 0.2) is 0 Å². The fourth-order valence-electron chi connectivity index (χ4n) is 1.83. The number of aliphatic hydroxyl groups is 1. The molecule has 0 bridgehead atoms. The molecular weight excluding hydrogens is 260 g/mol. The largest absolute Gasteiger partial charge is 0.396 e. The third-order valence-electron chi connectivity index (χ3n) is 2.84. The van der Waals surface area contributed by atoms with Crippen LogP contribution in [0.2, 0.25) is 0 Å². The molecule has 1 rings (SSSR count). The van der Waals surface area contributed by atoms with Crippen LogP contribution in [-0.4, -0.2) is 34.9 Å². The molecule has 0 aliphatic rings. The summed E-state index contributed by atoms with van der Waals surface area (Å²) in [7, 11) is 0. The van der Waals surface area contributed by atoms with Crippen LogP contribution in [0.4, 0.5) is 0 Å². The van der Waals surface area contributed by atoms with Crippen molar-refractivity contribution in [2.24, 2.45) is 5.92 Å². The molecule has 1 aromatic heterocycles. The first-order chi connectivity index (χ1) is 9.26. The number of amides is 1. The van der Waals surface area contributed by atoms with Crippen molar-refractivity contribution in [3.8, 4) is 0 Å². The molecule has 0 saturated carbocycles. The van der Waals surface area contributed by atoms with Crippen molar-refractivity contribution in [2.75, 3.05) is 18.9 Å². The molecular formula is C14H22N2O2S. The van der Waals surface area contributed by atoms with Gasteiger partial charge in [0.1, 0.15) is 0 Å². The SMILES string of the molecule is CCCC(CCO)CNC(=O)CSc1ccncc1. The molecule has 0 aliphatic heterocycles. The molecule has 0 saturated heterocycles. The van der Waals surface area contributed by atoms with Crippen LogP contribution in [0.1, 0.15) is 26.2 Å². The zero-order valence-corrected chi connectivity index (χ0v) is 12.2. The number of nitrogens with one attached hydrogen (secondary N) is 1. The van der Waals surface area contributed by atoms with E-state index in [2.05, 4.69) is 17.2 Å². The molecule has 0 spiro atoms. The van der Waals surface area contributed by atoms with E-state index in [0.717, 1.165) is 24.2 Å². The molecule has 0 fully saturated rings. The van der Waals surface area contributed by atoms with E-state index in [9.17, 15) is 4.79 Å². The number of pyridine rings is 1. The smallest absolute Gasteiger partial charge is 0.230 e. The number of aromatic nitrogens is 1. The lowest BCUT2D eigenvalue weighted by molar-refractivity contribution is -0.118. The van der Waals surface area contributed by atoms with Crippen LogP contribution in [-0.2, 0) is 4.79 Å². The lowest BCUT2D eigenvalue weighted by atomic mass is 10.0. The minimum Gasteiger partial charge on any atom is -0.396 e. The maximum absolute atomic E-state index is 11.7. The van der Waals surface area contributed by atoms with Gasteiger partial charge in [0.05, 0.1) is 5.75 Å². The van der Waals surface area contributed by atoms with E-state index in [-0.39, 0.29) is 12.5 Å². The number of nitrogens with zero attached hydrogens (tertiary/aromatic N) is 1. The first-order valence-corrected chi connectivity index (χ1v) is 7.65. The van der Waals surface area contributed by atoms with Crippen LogP contribution in [0.15, 0.2) is 29.4 Å². The molecule has 106 valence electrons. The van der Waals surface area contributed by atoms with E-state index in [1.807, 2.05) is 12.1 Å². The highest BCUT2D eigenvalue weighted by molar-refractivity contribution is 8.00. The monoisotopic (exact) mass is 282 g/mol. The zero-order valence-electron chi connectivity index (χ0n) is 11.3. The topological polar surface area (TPSA) is 62.2 Å². The summed E-state index contributed by atoms with van der Waals surface area (Å²) in [6.45, 7) is 2.96. The Morgan fingerprint density at radius 1 is 1.42 bits per heavy atom. The highest BCUT2D eigenvalue weighted by Gasteiger charge is 2.09. The minimum absolute atomic E-state index is 0.0425. The normalized spacial score (nSPS) is 12.1. The predicted octanol–water partition coefficient (Wildman–Crippen LogP) is 2.09. The van der Waals surface area contributed by atoms with Crippen molar-refractivity contribution >= 4 is 17.7 Å². The predicted molar refractivity (Wildman–Crippen MR) is 78.1 cm³/mol. The van der Waals surface area contributed by atoms with Crippen LogP contribution >= 0.6 is 11.8 Å². The molecule has 0 aromatic carbocycles. The molecule has 1 aromatic rings. The molecule has 19 heavy (non-hydrogen) atoms. The van der Waals surface area contributed by atoms with Crippen LogP contribution < -0.4 is 5.32 Å². The third kappa shape index (κ3) is 7.18. The Balaban J connectivity index is 2.23. The first-order valence-electron chi connectivity index (χ1n) is 6.66. The Labute approximate surface area is 119 Å². The van der Waals surface area contributed by atoms with E-state index in [0.29, 0.717) is 18.2 Å². The van der Waals surface area contributed by atoms with Gasteiger partial charge in [0.25, 0.3) is 0 Å². The van der Waals surface area contributed by atoms with Gasteiger partial charge in [-0.2, -0.15) is 0 Å². The molecule has 4 nitrogen and oxygen atoms in total. The quantitative estimate of drug-likeness (QED) is 0.681. The lowest BCUT2D eigenvalue weighted by Crippen LogP contribution is -2.31. The Hall–Kier alpha value is -1.07. The fourth-order valence-corrected chi connectivity index (χ4v) is 2.55. The standard InChI is InChI=1S/C14H22N2O2S/c1-2-3-12(6-9-17)10-16-14(18)11-19-13-4-7-15-8-5-13/h4-5,7-8,12,17H,2-3,6,9-11H2,1H3,(H,16,18). The Morgan fingerprint density at radius 2 is 2.16 bits per heavy atom. The van der Waals surface area contributed by atoms with Crippen molar-refractivity contribution in [3.63, 3.8) is 0 Å². The Morgan fingerprint density at radius 3 is 2.79 bits per heavy atom. The number of aliphatic hydroxyl groups excluding tert-OH is 1. The summed E-state index contributed by atoms with van der Waals surface area (Å²) in [5.74, 6) is 0.841. The third-order valence-corrected chi connectivity index (χ3v) is 3.85. The van der Waals surface area contributed by atoms with Crippen LogP contribution in [0, 0.1) is 5.92 Å². The summed E-state index contributed by atoms with van der Waals surface area (Å²) in [4.78, 5) is 16.7. The molecule has 1 unspecified atom stereocenters. The van der Waals surface area contributed by atoms with Crippen molar-refractivity contribution in [1.82, 2.24) is 10.3 Å². The van der Waals surface area contributed by atoms with Crippen LogP contribution in [0.5, 0.6) is 0 Å². The van der Waals surface area contributed by atoms with E-state index >= 15 is 0 Å². The summed E-state index contributed by atoms with van der Waals surface area (Å²) >= 11 is 1.51. The summed E-state index contributed by atoms with van der Waals surface area (Å²) in [6, 6.07) is 3.78. The average molecular weight is 282 g/mol. The number of thioether (sulfide) groups is 1. The molecule has 1 heterocycles. The van der Waals surface area contributed by atoms with E-state index in [4.69, 9.17) is 5.11 Å². The lowest BCUT2D eigenvalue weighted by Gasteiger charge is -2.15. The molecule has 1 atom stereocenters.